The Hall–Kier alpha value is -2.82. The molecule has 0 spiro atoms. The summed E-state index contributed by atoms with van der Waals surface area (Å²) in [5.74, 6) is 0.648. The molecule has 0 aromatic heterocycles. The van der Waals surface area contributed by atoms with E-state index in [9.17, 15) is 9.59 Å². The quantitative estimate of drug-likeness (QED) is 0.808. The van der Waals surface area contributed by atoms with Crippen molar-refractivity contribution in [2.24, 2.45) is 0 Å². The number of fused-ring (bicyclic) bond motifs is 2. The summed E-state index contributed by atoms with van der Waals surface area (Å²) in [6.45, 7) is 1.36. The monoisotopic (exact) mass is 337 g/mol. The third kappa shape index (κ3) is 2.86. The molecule has 0 bridgehead atoms. The summed E-state index contributed by atoms with van der Waals surface area (Å²) in [6, 6.07) is 11.3. The van der Waals surface area contributed by atoms with Crippen LogP contribution in [0.1, 0.15) is 27.0 Å². The highest BCUT2D eigenvalue weighted by atomic mass is 16.5. The first-order valence-corrected chi connectivity index (χ1v) is 8.42. The van der Waals surface area contributed by atoms with Crippen molar-refractivity contribution in [2.75, 3.05) is 25.2 Å². The molecule has 128 valence electrons. The highest BCUT2D eigenvalue weighted by Crippen LogP contribution is 2.30. The van der Waals surface area contributed by atoms with Crippen LogP contribution in [-0.4, -0.2) is 32.1 Å². The number of amides is 1. The zero-order valence-electron chi connectivity index (χ0n) is 14.1. The second-order valence-electron chi connectivity index (χ2n) is 6.35. The second-order valence-corrected chi connectivity index (χ2v) is 6.35. The molecule has 5 nitrogen and oxygen atoms in total. The van der Waals surface area contributed by atoms with E-state index in [4.69, 9.17) is 9.47 Å². The lowest BCUT2D eigenvalue weighted by molar-refractivity contribution is -0.117. The molecule has 25 heavy (non-hydrogen) atoms. The molecule has 2 aromatic carbocycles. The smallest absolute Gasteiger partial charge is 0.337 e. The van der Waals surface area contributed by atoms with Crippen LogP contribution in [0, 0.1) is 0 Å². The molecule has 0 N–H and O–H groups in total. The van der Waals surface area contributed by atoms with Crippen LogP contribution in [0.4, 0.5) is 5.69 Å². The Kier molecular flexibility index (Phi) is 3.92. The van der Waals surface area contributed by atoms with E-state index in [0.29, 0.717) is 18.5 Å². The predicted octanol–water partition coefficient (Wildman–Crippen LogP) is 2.54. The van der Waals surface area contributed by atoms with Crippen LogP contribution in [0.2, 0.25) is 0 Å². The van der Waals surface area contributed by atoms with Crippen LogP contribution in [-0.2, 0) is 28.8 Å². The average Bonchev–Trinajstić information content (AvgIpc) is 3.26. The van der Waals surface area contributed by atoms with Crippen molar-refractivity contribution in [3.8, 4) is 5.75 Å². The Bertz CT molecular complexity index is 859. The zero-order valence-corrected chi connectivity index (χ0v) is 14.1. The number of anilines is 1. The van der Waals surface area contributed by atoms with E-state index in [2.05, 4.69) is 6.07 Å². The lowest BCUT2D eigenvalue weighted by atomic mass is 10.1. The fourth-order valence-corrected chi connectivity index (χ4v) is 3.53. The standard InChI is InChI=1S/C20H19NO4/c1-24-20(23)16-3-4-17-14(12-16)6-8-21(17)19(22)11-13-2-5-18-15(10-13)7-9-25-18/h2-5,10,12H,6-9,11H2,1H3. The maximum Gasteiger partial charge on any atom is 0.337 e. The highest BCUT2D eigenvalue weighted by Gasteiger charge is 2.26. The minimum atomic E-state index is -0.354. The first kappa shape index (κ1) is 15.7. The average molecular weight is 337 g/mol. The summed E-state index contributed by atoms with van der Waals surface area (Å²) < 4.78 is 10.3. The van der Waals surface area contributed by atoms with Gasteiger partial charge < -0.3 is 14.4 Å². The number of carbonyl (C=O) groups excluding carboxylic acids is 2. The summed E-state index contributed by atoms with van der Waals surface area (Å²) in [4.78, 5) is 26.2. The van der Waals surface area contributed by atoms with E-state index >= 15 is 0 Å². The summed E-state index contributed by atoms with van der Waals surface area (Å²) >= 11 is 0. The molecule has 2 aromatic rings. The Labute approximate surface area is 146 Å². The van der Waals surface area contributed by atoms with Crippen molar-refractivity contribution in [3.63, 3.8) is 0 Å². The number of carbonyl (C=O) groups is 2. The number of ether oxygens (including phenoxy) is 2. The van der Waals surface area contributed by atoms with E-state index in [-0.39, 0.29) is 11.9 Å². The van der Waals surface area contributed by atoms with E-state index in [1.54, 1.807) is 11.0 Å². The molecule has 1 amide bonds. The van der Waals surface area contributed by atoms with Gasteiger partial charge in [0.15, 0.2) is 0 Å². The van der Waals surface area contributed by atoms with Crippen LogP contribution >= 0.6 is 0 Å². The number of nitrogens with zero attached hydrogens (tertiary/aromatic N) is 1. The van der Waals surface area contributed by atoms with Gasteiger partial charge in [0.1, 0.15) is 5.75 Å². The molecule has 0 atom stereocenters. The summed E-state index contributed by atoms with van der Waals surface area (Å²) in [5, 5.41) is 0. The van der Waals surface area contributed by atoms with Gasteiger partial charge in [-0.05, 0) is 47.4 Å². The normalized spacial score (nSPS) is 14.7. The van der Waals surface area contributed by atoms with Gasteiger partial charge in [-0.1, -0.05) is 12.1 Å². The number of benzene rings is 2. The molecule has 0 aliphatic carbocycles. The van der Waals surface area contributed by atoms with Crippen LogP contribution in [0.3, 0.4) is 0 Å². The molecule has 0 saturated carbocycles. The largest absolute Gasteiger partial charge is 0.493 e. The number of esters is 1. The molecular formula is C20H19NO4. The van der Waals surface area contributed by atoms with E-state index in [1.807, 2.05) is 24.3 Å². The van der Waals surface area contributed by atoms with Crippen LogP contribution in [0.5, 0.6) is 5.75 Å². The molecule has 2 aliphatic heterocycles. The van der Waals surface area contributed by atoms with Crippen molar-refractivity contribution in [2.45, 2.75) is 19.3 Å². The Balaban J connectivity index is 1.52. The van der Waals surface area contributed by atoms with Gasteiger partial charge in [0.2, 0.25) is 5.91 Å². The van der Waals surface area contributed by atoms with Gasteiger partial charge in [0.05, 0.1) is 25.7 Å². The molecule has 4 rings (SSSR count). The van der Waals surface area contributed by atoms with Crippen molar-refractivity contribution >= 4 is 17.6 Å². The van der Waals surface area contributed by atoms with Crippen LogP contribution in [0.15, 0.2) is 36.4 Å². The minimum absolute atomic E-state index is 0.0726. The second kappa shape index (κ2) is 6.24. The maximum atomic E-state index is 12.8. The fraction of sp³-hybridized carbons (Fsp3) is 0.300. The van der Waals surface area contributed by atoms with Gasteiger partial charge >= 0.3 is 5.97 Å². The van der Waals surface area contributed by atoms with Gasteiger partial charge in [-0.3, -0.25) is 4.79 Å². The fourth-order valence-electron chi connectivity index (χ4n) is 3.53. The Morgan fingerprint density at radius 2 is 2.00 bits per heavy atom. The van der Waals surface area contributed by atoms with Crippen molar-refractivity contribution in [1.82, 2.24) is 0 Å². The number of methoxy groups -OCH3 is 1. The zero-order chi connectivity index (χ0) is 17.4. The van der Waals surface area contributed by atoms with E-state index in [0.717, 1.165) is 42.0 Å². The molecular weight excluding hydrogens is 318 g/mol. The Morgan fingerprint density at radius 1 is 1.12 bits per heavy atom. The van der Waals surface area contributed by atoms with Gasteiger partial charge in [-0.2, -0.15) is 0 Å². The van der Waals surface area contributed by atoms with E-state index < -0.39 is 0 Å². The maximum absolute atomic E-state index is 12.8. The topological polar surface area (TPSA) is 55.8 Å². The highest BCUT2D eigenvalue weighted by molar-refractivity contribution is 5.98. The minimum Gasteiger partial charge on any atom is -0.493 e. The molecule has 2 heterocycles. The third-order valence-electron chi connectivity index (χ3n) is 4.81. The molecule has 0 radical (unpaired) electrons. The van der Waals surface area contributed by atoms with Gasteiger partial charge in [0.25, 0.3) is 0 Å². The summed E-state index contributed by atoms with van der Waals surface area (Å²) in [5.41, 5.74) is 4.61. The first-order valence-electron chi connectivity index (χ1n) is 8.42. The molecule has 5 heteroatoms. The lowest BCUT2D eigenvalue weighted by Gasteiger charge is -2.18. The first-order chi connectivity index (χ1) is 12.2. The lowest BCUT2D eigenvalue weighted by Crippen LogP contribution is -2.30. The predicted molar refractivity (Wildman–Crippen MR) is 93.2 cm³/mol. The number of hydrogen-bond donors (Lipinski definition) is 0. The van der Waals surface area contributed by atoms with Gasteiger partial charge in [-0.25, -0.2) is 4.79 Å². The molecule has 0 unspecified atom stereocenters. The van der Waals surface area contributed by atoms with Crippen LogP contribution < -0.4 is 9.64 Å². The van der Waals surface area contributed by atoms with E-state index in [1.165, 1.54) is 12.7 Å². The SMILES string of the molecule is COC(=O)c1ccc2c(c1)CCN2C(=O)Cc1ccc2c(c1)CCO2. The van der Waals surface area contributed by atoms with Crippen molar-refractivity contribution < 1.29 is 19.1 Å². The third-order valence-corrected chi connectivity index (χ3v) is 4.81. The molecule has 2 aliphatic rings. The van der Waals surface area contributed by atoms with Crippen molar-refractivity contribution in [3.05, 3.63) is 58.7 Å². The summed E-state index contributed by atoms with van der Waals surface area (Å²) in [7, 11) is 1.37. The summed E-state index contributed by atoms with van der Waals surface area (Å²) in [6.07, 6.45) is 2.02. The van der Waals surface area contributed by atoms with Gasteiger partial charge in [-0.15, -0.1) is 0 Å². The van der Waals surface area contributed by atoms with Crippen molar-refractivity contribution in [1.29, 1.82) is 0 Å². The molecule has 0 saturated heterocycles. The molecule has 0 fully saturated rings. The van der Waals surface area contributed by atoms with Gasteiger partial charge in [0, 0.05) is 18.7 Å². The number of hydrogen-bond acceptors (Lipinski definition) is 4. The number of rotatable bonds is 3. The Morgan fingerprint density at radius 3 is 2.84 bits per heavy atom. The van der Waals surface area contributed by atoms with Crippen LogP contribution in [0.25, 0.3) is 0 Å².